The van der Waals surface area contributed by atoms with Gasteiger partial charge < -0.3 is 19.9 Å². The number of hydrogen-bond donors (Lipinski definition) is 2. The van der Waals surface area contributed by atoms with Crippen LogP contribution in [0, 0.1) is 5.92 Å². The van der Waals surface area contributed by atoms with Crippen LogP contribution in [0.15, 0.2) is 10.9 Å². The zero-order chi connectivity index (χ0) is 12.8. The summed E-state index contributed by atoms with van der Waals surface area (Å²) in [7, 11) is 0. The fourth-order valence-electron chi connectivity index (χ4n) is 2.01. The van der Waals surface area contributed by atoms with E-state index in [4.69, 9.17) is 9.26 Å². The molecule has 0 spiro atoms. The number of rotatable bonds is 6. The molecule has 1 fully saturated rings. The number of amides is 1. The molecule has 1 amide bonds. The Kier molecular flexibility index (Phi) is 4.66. The molecule has 100 valence electrons. The Morgan fingerprint density at radius 3 is 3.17 bits per heavy atom. The van der Waals surface area contributed by atoms with E-state index in [0.717, 1.165) is 6.54 Å². The Morgan fingerprint density at radius 1 is 1.56 bits per heavy atom. The van der Waals surface area contributed by atoms with Crippen LogP contribution in [0.3, 0.4) is 0 Å². The van der Waals surface area contributed by atoms with Gasteiger partial charge in [-0.1, -0.05) is 12.1 Å². The van der Waals surface area contributed by atoms with Crippen LogP contribution in [0.1, 0.15) is 12.8 Å². The van der Waals surface area contributed by atoms with Gasteiger partial charge in [-0.15, -0.1) is 0 Å². The van der Waals surface area contributed by atoms with Gasteiger partial charge in [0.05, 0.1) is 19.1 Å². The van der Waals surface area contributed by atoms with Gasteiger partial charge in [-0.25, -0.2) is 0 Å². The Hall–Kier alpha value is -1.47. The summed E-state index contributed by atoms with van der Waals surface area (Å²) in [6.45, 7) is 4.42. The third-order valence-corrected chi connectivity index (χ3v) is 2.93. The van der Waals surface area contributed by atoms with Crippen molar-refractivity contribution < 1.29 is 14.1 Å². The van der Waals surface area contributed by atoms with Crippen LogP contribution in [0.5, 0.6) is 0 Å². The van der Waals surface area contributed by atoms with E-state index in [1.807, 2.05) is 6.92 Å². The van der Waals surface area contributed by atoms with Crippen molar-refractivity contribution in [2.75, 3.05) is 26.3 Å². The molecular weight excluding hydrogens is 236 g/mol. The van der Waals surface area contributed by atoms with E-state index in [1.54, 1.807) is 0 Å². The van der Waals surface area contributed by atoms with Gasteiger partial charge in [0.2, 0.25) is 11.8 Å². The molecule has 0 aromatic carbocycles. The second kappa shape index (κ2) is 6.46. The largest absolute Gasteiger partial charge is 0.379 e. The van der Waals surface area contributed by atoms with Crippen molar-refractivity contribution in [3.05, 3.63) is 12.2 Å². The van der Waals surface area contributed by atoms with Crippen LogP contribution in [0.25, 0.3) is 0 Å². The van der Waals surface area contributed by atoms with E-state index in [-0.39, 0.29) is 17.9 Å². The molecule has 7 nitrogen and oxygen atoms in total. The van der Waals surface area contributed by atoms with Gasteiger partial charge in [0.15, 0.2) is 6.33 Å². The number of carbonyl (C=O) groups is 1. The van der Waals surface area contributed by atoms with Gasteiger partial charge in [0.25, 0.3) is 0 Å². The van der Waals surface area contributed by atoms with Gasteiger partial charge >= 0.3 is 0 Å². The minimum Gasteiger partial charge on any atom is -0.379 e. The Balaban J connectivity index is 1.73. The fourth-order valence-corrected chi connectivity index (χ4v) is 2.01. The predicted molar refractivity (Wildman–Crippen MR) is 62.8 cm³/mol. The van der Waals surface area contributed by atoms with Gasteiger partial charge in [-0.05, 0) is 6.54 Å². The summed E-state index contributed by atoms with van der Waals surface area (Å²) in [6.07, 6.45) is 1.90. The molecule has 0 bridgehead atoms. The summed E-state index contributed by atoms with van der Waals surface area (Å²) >= 11 is 0. The maximum Gasteiger partial charge on any atom is 0.228 e. The van der Waals surface area contributed by atoms with Crippen LogP contribution in [-0.2, 0) is 16.0 Å². The lowest BCUT2D eigenvalue weighted by molar-refractivity contribution is -0.125. The number of carbonyl (C=O) groups excluding carboxylic acids is 1. The zero-order valence-electron chi connectivity index (χ0n) is 10.4. The monoisotopic (exact) mass is 254 g/mol. The number of aromatic nitrogens is 2. The first-order chi connectivity index (χ1) is 8.81. The van der Waals surface area contributed by atoms with Crippen LogP contribution in [0.4, 0.5) is 0 Å². The molecule has 2 N–H and O–H groups in total. The van der Waals surface area contributed by atoms with Crippen molar-refractivity contribution in [2.24, 2.45) is 5.92 Å². The molecule has 1 aromatic rings. The maximum atomic E-state index is 12.0. The van der Waals surface area contributed by atoms with Crippen molar-refractivity contribution in [1.82, 2.24) is 20.8 Å². The second-order valence-electron chi connectivity index (χ2n) is 4.18. The normalized spacial score (nSPS) is 23.2. The highest BCUT2D eigenvalue weighted by Gasteiger charge is 2.33. The van der Waals surface area contributed by atoms with Crippen molar-refractivity contribution in [3.8, 4) is 0 Å². The van der Waals surface area contributed by atoms with Crippen LogP contribution in [-0.4, -0.2) is 48.4 Å². The van der Waals surface area contributed by atoms with Crippen molar-refractivity contribution in [3.63, 3.8) is 0 Å². The molecular formula is C11H18N4O3. The highest BCUT2D eigenvalue weighted by Crippen LogP contribution is 2.13. The predicted octanol–water partition coefficient (Wildman–Crippen LogP) is -0.647. The molecule has 2 unspecified atom stereocenters. The Bertz CT molecular complexity index is 368. The number of nitrogens with zero attached hydrogens (tertiary/aromatic N) is 2. The van der Waals surface area contributed by atoms with Crippen LogP contribution in [0.2, 0.25) is 0 Å². The van der Waals surface area contributed by atoms with Gasteiger partial charge in [-0.3, -0.25) is 4.79 Å². The van der Waals surface area contributed by atoms with E-state index in [0.29, 0.717) is 32.1 Å². The molecule has 0 radical (unpaired) electrons. The lowest BCUT2D eigenvalue weighted by atomic mass is 10.0. The Morgan fingerprint density at radius 2 is 2.44 bits per heavy atom. The lowest BCUT2D eigenvalue weighted by Crippen LogP contribution is -2.44. The Labute approximate surface area is 105 Å². The van der Waals surface area contributed by atoms with Crippen LogP contribution >= 0.6 is 0 Å². The standard InChI is InChI=1S/C11H18N4O3/c1-2-12-9-6-17-5-8(9)11(16)13-4-3-10-14-7-15-18-10/h7-9,12H,2-6H2,1H3,(H,13,16). The molecule has 1 aromatic heterocycles. The number of ether oxygens (including phenoxy) is 1. The highest BCUT2D eigenvalue weighted by atomic mass is 16.5. The average molecular weight is 254 g/mol. The summed E-state index contributed by atoms with van der Waals surface area (Å²) in [5.41, 5.74) is 0. The summed E-state index contributed by atoms with van der Waals surface area (Å²) in [5.74, 6) is 0.423. The lowest BCUT2D eigenvalue weighted by Gasteiger charge is -2.17. The van der Waals surface area contributed by atoms with Crippen molar-refractivity contribution in [2.45, 2.75) is 19.4 Å². The molecule has 18 heavy (non-hydrogen) atoms. The van der Waals surface area contributed by atoms with Crippen molar-refractivity contribution >= 4 is 5.91 Å². The molecule has 0 aliphatic carbocycles. The molecule has 1 saturated heterocycles. The minimum absolute atomic E-state index is 0.0120. The number of likely N-dealkylation sites (N-methyl/N-ethyl adjacent to an activating group) is 1. The number of hydrogen-bond acceptors (Lipinski definition) is 6. The van der Waals surface area contributed by atoms with E-state index in [9.17, 15) is 4.79 Å². The van der Waals surface area contributed by atoms with Gasteiger partial charge in [0, 0.05) is 19.0 Å². The molecule has 1 aliphatic heterocycles. The van der Waals surface area contributed by atoms with Crippen molar-refractivity contribution in [1.29, 1.82) is 0 Å². The summed E-state index contributed by atoms with van der Waals surface area (Å²) in [5, 5.41) is 9.62. The third kappa shape index (κ3) is 3.27. The fraction of sp³-hybridized carbons (Fsp3) is 0.727. The summed E-state index contributed by atoms with van der Waals surface area (Å²) in [4.78, 5) is 15.9. The maximum absolute atomic E-state index is 12.0. The molecule has 0 saturated carbocycles. The zero-order valence-corrected chi connectivity index (χ0v) is 10.4. The quantitative estimate of drug-likeness (QED) is 0.701. The first-order valence-corrected chi connectivity index (χ1v) is 6.15. The first-order valence-electron chi connectivity index (χ1n) is 6.15. The van der Waals surface area contributed by atoms with E-state index in [2.05, 4.69) is 20.8 Å². The van der Waals surface area contributed by atoms with Gasteiger partial charge in [-0.2, -0.15) is 4.98 Å². The average Bonchev–Trinajstić information content (AvgIpc) is 3.00. The SMILES string of the molecule is CCNC1COCC1C(=O)NCCc1ncno1. The second-order valence-corrected chi connectivity index (χ2v) is 4.18. The number of nitrogens with one attached hydrogen (secondary N) is 2. The molecule has 1 aliphatic rings. The minimum atomic E-state index is -0.118. The molecule has 7 heteroatoms. The van der Waals surface area contributed by atoms with Gasteiger partial charge in [0.1, 0.15) is 0 Å². The molecule has 2 rings (SSSR count). The summed E-state index contributed by atoms with van der Waals surface area (Å²) < 4.78 is 10.2. The molecule has 2 atom stereocenters. The van der Waals surface area contributed by atoms with Crippen LogP contribution < -0.4 is 10.6 Å². The smallest absolute Gasteiger partial charge is 0.228 e. The van der Waals surface area contributed by atoms with E-state index >= 15 is 0 Å². The topological polar surface area (TPSA) is 89.3 Å². The summed E-state index contributed by atoms with van der Waals surface area (Å²) in [6, 6.07) is 0.110. The highest BCUT2D eigenvalue weighted by molar-refractivity contribution is 5.79. The van der Waals surface area contributed by atoms with E-state index in [1.165, 1.54) is 6.33 Å². The molecule has 2 heterocycles. The first kappa shape index (κ1) is 13.0. The van der Waals surface area contributed by atoms with E-state index < -0.39 is 0 Å². The third-order valence-electron chi connectivity index (χ3n) is 2.93.